The Balaban J connectivity index is 1.74. The lowest BCUT2D eigenvalue weighted by Crippen LogP contribution is -2.10. The van der Waals surface area contributed by atoms with Crippen LogP contribution in [-0.2, 0) is 16.1 Å². The Bertz CT molecular complexity index is 932. The van der Waals surface area contributed by atoms with E-state index in [9.17, 15) is 4.79 Å². The van der Waals surface area contributed by atoms with E-state index in [4.69, 9.17) is 18.9 Å². The quantitative estimate of drug-likeness (QED) is 0.363. The fourth-order valence-electron chi connectivity index (χ4n) is 3.36. The highest BCUT2D eigenvalue weighted by Gasteiger charge is 2.16. The molecule has 0 aliphatic carbocycles. The molecule has 0 fully saturated rings. The molecule has 0 amide bonds. The standard InChI is InChI=1S/C27H30O5/c1-4-6-23(28)19-31-26-8-5-7-20(17-26)18-32-27(21-9-13-24(29-2)14-10-21)22-11-15-25(30-3)16-12-22/h5,7-17,27H,4,6,18-19H2,1-3H3. The van der Waals surface area contributed by atoms with Crippen LogP contribution in [0.4, 0.5) is 0 Å². The first-order valence-corrected chi connectivity index (χ1v) is 10.8. The van der Waals surface area contributed by atoms with Gasteiger partial charge in [0.25, 0.3) is 0 Å². The lowest BCUT2D eigenvalue weighted by molar-refractivity contribution is -0.121. The molecule has 3 aromatic rings. The van der Waals surface area contributed by atoms with E-state index >= 15 is 0 Å². The Hall–Kier alpha value is -3.31. The highest BCUT2D eigenvalue weighted by atomic mass is 16.5. The molecule has 0 atom stereocenters. The number of carbonyl (C=O) groups is 1. The zero-order valence-electron chi connectivity index (χ0n) is 18.9. The zero-order chi connectivity index (χ0) is 22.8. The Morgan fingerprint density at radius 2 is 1.41 bits per heavy atom. The van der Waals surface area contributed by atoms with Crippen LogP contribution >= 0.6 is 0 Å². The summed E-state index contributed by atoms with van der Waals surface area (Å²) in [5.41, 5.74) is 3.01. The van der Waals surface area contributed by atoms with Gasteiger partial charge < -0.3 is 18.9 Å². The number of carbonyl (C=O) groups excluding carboxylic acids is 1. The van der Waals surface area contributed by atoms with Crippen molar-refractivity contribution < 1.29 is 23.7 Å². The first kappa shape index (κ1) is 23.4. The van der Waals surface area contributed by atoms with E-state index < -0.39 is 0 Å². The number of methoxy groups -OCH3 is 2. The molecule has 0 bridgehead atoms. The van der Waals surface area contributed by atoms with Crippen molar-refractivity contribution in [2.75, 3.05) is 20.8 Å². The van der Waals surface area contributed by atoms with Crippen LogP contribution in [0.2, 0.25) is 0 Å². The van der Waals surface area contributed by atoms with Crippen molar-refractivity contribution in [1.29, 1.82) is 0 Å². The van der Waals surface area contributed by atoms with E-state index in [0.29, 0.717) is 18.8 Å². The van der Waals surface area contributed by atoms with Gasteiger partial charge in [-0.3, -0.25) is 4.79 Å². The van der Waals surface area contributed by atoms with Crippen LogP contribution in [0.3, 0.4) is 0 Å². The van der Waals surface area contributed by atoms with Crippen LogP contribution in [0.15, 0.2) is 72.8 Å². The molecule has 0 radical (unpaired) electrons. The lowest BCUT2D eigenvalue weighted by Gasteiger charge is -2.20. The molecule has 0 aromatic heterocycles. The monoisotopic (exact) mass is 434 g/mol. The highest BCUT2D eigenvalue weighted by molar-refractivity contribution is 5.79. The van der Waals surface area contributed by atoms with Crippen molar-refractivity contribution in [3.63, 3.8) is 0 Å². The number of rotatable bonds is 12. The van der Waals surface area contributed by atoms with Gasteiger partial charge in [0.1, 0.15) is 30.0 Å². The summed E-state index contributed by atoms with van der Waals surface area (Å²) in [5.74, 6) is 2.36. The molecule has 3 rings (SSSR count). The second kappa shape index (κ2) is 11.9. The minimum atomic E-state index is -0.262. The fourth-order valence-corrected chi connectivity index (χ4v) is 3.36. The van der Waals surface area contributed by atoms with Gasteiger partial charge in [0.05, 0.1) is 20.8 Å². The van der Waals surface area contributed by atoms with Crippen molar-refractivity contribution in [3.05, 3.63) is 89.5 Å². The average molecular weight is 435 g/mol. The lowest BCUT2D eigenvalue weighted by atomic mass is 10.0. The minimum Gasteiger partial charge on any atom is -0.497 e. The average Bonchev–Trinajstić information content (AvgIpc) is 2.84. The molecule has 0 unspecified atom stereocenters. The van der Waals surface area contributed by atoms with Crippen LogP contribution in [0.25, 0.3) is 0 Å². The van der Waals surface area contributed by atoms with Gasteiger partial charge in [0.15, 0.2) is 5.78 Å². The SMILES string of the molecule is CCCC(=O)COc1cccc(COC(c2ccc(OC)cc2)c2ccc(OC)cc2)c1. The Labute approximate surface area is 189 Å². The minimum absolute atomic E-state index is 0.0957. The van der Waals surface area contributed by atoms with Gasteiger partial charge in [0, 0.05) is 6.42 Å². The Morgan fingerprint density at radius 3 is 1.94 bits per heavy atom. The number of benzene rings is 3. The summed E-state index contributed by atoms with van der Waals surface area (Å²) in [5, 5.41) is 0. The van der Waals surface area contributed by atoms with Crippen LogP contribution in [0.5, 0.6) is 17.2 Å². The number of ketones is 1. The van der Waals surface area contributed by atoms with Gasteiger partial charge in [-0.1, -0.05) is 43.3 Å². The third kappa shape index (κ3) is 6.59. The largest absolute Gasteiger partial charge is 0.497 e. The summed E-state index contributed by atoms with van der Waals surface area (Å²) in [6.45, 7) is 2.47. The molecule has 0 saturated heterocycles. The molecule has 5 nitrogen and oxygen atoms in total. The summed E-state index contributed by atoms with van der Waals surface area (Å²) in [6.07, 6.45) is 1.10. The molecule has 0 aliphatic heterocycles. The number of ether oxygens (including phenoxy) is 4. The predicted octanol–water partition coefficient (Wildman–Crippen LogP) is 5.76. The molecule has 168 valence electrons. The smallest absolute Gasteiger partial charge is 0.170 e. The van der Waals surface area contributed by atoms with Gasteiger partial charge in [0.2, 0.25) is 0 Å². The molecular weight excluding hydrogens is 404 g/mol. The van der Waals surface area contributed by atoms with Gasteiger partial charge in [-0.2, -0.15) is 0 Å². The second-order valence-electron chi connectivity index (χ2n) is 7.46. The third-order valence-electron chi connectivity index (χ3n) is 5.08. The molecule has 0 aliphatic rings. The molecule has 5 heteroatoms. The third-order valence-corrected chi connectivity index (χ3v) is 5.08. The Morgan fingerprint density at radius 1 is 0.812 bits per heavy atom. The van der Waals surface area contributed by atoms with Gasteiger partial charge in [-0.15, -0.1) is 0 Å². The maximum absolute atomic E-state index is 11.8. The van der Waals surface area contributed by atoms with Crippen molar-refractivity contribution in [2.45, 2.75) is 32.5 Å². The zero-order valence-corrected chi connectivity index (χ0v) is 18.9. The van der Waals surface area contributed by atoms with Crippen LogP contribution in [0.1, 0.15) is 42.6 Å². The first-order valence-electron chi connectivity index (χ1n) is 10.8. The van der Waals surface area contributed by atoms with Crippen LogP contribution < -0.4 is 14.2 Å². The summed E-state index contributed by atoms with van der Waals surface area (Å²) < 4.78 is 22.6. The number of hydrogen-bond donors (Lipinski definition) is 0. The summed E-state index contributed by atoms with van der Waals surface area (Å²) >= 11 is 0. The molecule has 3 aromatic carbocycles. The normalized spacial score (nSPS) is 10.8. The van der Waals surface area contributed by atoms with E-state index in [2.05, 4.69) is 0 Å². The van der Waals surface area contributed by atoms with Crippen molar-refractivity contribution in [2.24, 2.45) is 0 Å². The van der Waals surface area contributed by atoms with Gasteiger partial charge in [-0.05, 0) is 59.5 Å². The van der Waals surface area contributed by atoms with Crippen molar-refractivity contribution >= 4 is 5.78 Å². The van der Waals surface area contributed by atoms with E-state index in [1.165, 1.54) is 0 Å². The van der Waals surface area contributed by atoms with E-state index in [1.807, 2.05) is 79.7 Å². The molecule has 0 spiro atoms. The van der Waals surface area contributed by atoms with Gasteiger partial charge >= 0.3 is 0 Å². The first-order chi connectivity index (χ1) is 15.6. The van der Waals surface area contributed by atoms with E-state index in [-0.39, 0.29) is 18.5 Å². The van der Waals surface area contributed by atoms with Crippen LogP contribution in [0, 0.1) is 0 Å². The maximum Gasteiger partial charge on any atom is 0.170 e. The van der Waals surface area contributed by atoms with Crippen molar-refractivity contribution in [1.82, 2.24) is 0 Å². The van der Waals surface area contributed by atoms with Crippen LogP contribution in [-0.4, -0.2) is 26.6 Å². The molecule has 0 N–H and O–H groups in total. The predicted molar refractivity (Wildman–Crippen MR) is 124 cm³/mol. The highest BCUT2D eigenvalue weighted by Crippen LogP contribution is 2.30. The summed E-state index contributed by atoms with van der Waals surface area (Å²) in [4.78, 5) is 11.8. The topological polar surface area (TPSA) is 54.0 Å². The summed E-state index contributed by atoms with van der Waals surface area (Å²) in [6, 6.07) is 23.4. The van der Waals surface area contributed by atoms with E-state index in [1.54, 1.807) is 14.2 Å². The second-order valence-corrected chi connectivity index (χ2v) is 7.46. The van der Waals surface area contributed by atoms with E-state index in [0.717, 1.165) is 34.6 Å². The maximum atomic E-state index is 11.8. The molecule has 0 heterocycles. The molecule has 0 saturated carbocycles. The molecular formula is C27H30O5. The Kier molecular flexibility index (Phi) is 8.70. The number of hydrogen-bond acceptors (Lipinski definition) is 5. The fraction of sp³-hybridized carbons (Fsp3) is 0.296. The van der Waals surface area contributed by atoms with Gasteiger partial charge in [-0.25, -0.2) is 0 Å². The van der Waals surface area contributed by atoms with Crippen molar-refractivity contribution in [3.8, 4) is 17.2 Å². The number of Topliss-reactive ketones (excluding diaryl/α,β-unsaturated/α-hetero) is 1. The summed E-state index contributed by atoms with van der Waals surface area (Å²) in [7, 11) is 3.30. The molecule has 32 heavy (non-hydrogen) atoms.